The van der Waals surface area contributed by atoms with Gasteiger partial charge in [0.2, 0.25) is 0 Å². The van der Waals surface area contributed by atoms with E-state index in [0.717, 1.165) is 64.7 Å². The maximum absolute atomic E-state index is 5.45. The molecule has 0 unspecified atom stereocenters. The molecule has 3 rings (SSSR count). The van der Waals surface area contributed by atoms with Crippen molar-refractivity contribution in [2.45, 2.75) is 25.9 Å². The van der Waals surface area contributed by atoms with Gasteiger partial charge < -0.3 is 15.4 Å². The normalized spacial score (nSPS) is 15.0. The minimum Gasteiger partial charge on any atom is -0.379 e. The smallest absolute Gasteiger partial charge is 0.191 e. The Labute approximate surface area is 190 Å². The van der Waals surface area contributed by atoms with E-state index in [2.05, 4.69) is 56.1 Å². The third-order valence-corrected chi connectivity index (χ3v) is 4.98. The average Bonchev–Trinajstić information content (AvgIpc) is 3.14. The van der Waals surface area contributed by atoms with E-state index < -0.39 is 0 Å². The maximum atomic E-state index is 5.45. The van der Waals surface area contributed by atoms with Crippen LogP contribution in [0.3, 0.4) is 0 Å². The predicted molar refractivity (Wildman–Crippen MR) is 128 cm³/mol. The van der Waals surface area contributed by atoms with Gasteiger partial charge in [0.15, 0.2) is 5.96 Å². The SMILES string of the molecule is CN=C(NCCCc1cnn(C)c1)NCc1ccccc1CN1CCOCC1.I. The molecule has 2 heterocycles. The number of hydrogen-bond acceptors (Lipinski definition) is 4. The lowest BCUT2D eigenvalue weighted by molar-refractivity contribution is 0.0341. The summed E-state index contributed by atoms with van der Waals surface area (Å²) in [6.07, 6.45) is 6.05. The van der Waals surface area contributed by atoms with Crippen molar-refractivity contribution < 1.29 is 4.74 Å². The lowest BCUT2D eigenvalue weighted by Gasteiger charge is -2.27. The van der Waals surface area contributed by atoms with Crippen LogP contribution in [0.2, 0.25) is 0 Å². The lowest BCUT2D eigenvalue weighted by Crippen LogP contribution is -2.38. The number of rotatable bonds is 8. The Morgan fingerprint density at radius 3 is 2.62 bits per heavy atom. The summed E-state index contributed by atoms with van der Waals surface area (Å²) in [5, 5.41) is 11.1. The van der Waals surface area contributed by atoms with E-state index >= 15 is 0 Å². The molecule has 160 valence electrons. The van der Waals surface area contributed by atoms with Gasteiger partial charge in [-0.1, -0.05) is 24.3 Å². The molecule has 1 aliphatic heterocycles. The molecule has 8 heteroatoms. The van der Waals surface area contributed by atoms with Gasteiger partial charge in [-0.2, -0.15) is 5.10 Å². The Morgan fingerprint density at radius 1 is 1.17 bits per heavy atom. The summed E-state index contributed by atoms with van der Waals surface area (Å²) >= 11 is 0. The Kier molecular flexibility index (Phi) is 10.4. The Hall–Kier alpha value is -1.65. The van der Waals surface area contributed by atoms with Crippen LogP contribution in [0.25, 0.3) is 0 Å². The zero-order valence-electron chi connectivity index (χ0n) is 17.4. The molecule has 0 bridgehead atoms. The molecule has 7 nitrogen and oxygen atoms in total. The molecule has 0 atom stereocenters. The van der Waals surface area contributed by atoms with Gasteiger partial charge in [0.05, 0.1) is 19.4 Å². The van der Waals surface area contributed by atoms with Crippen LogP contribution >= 0.6 is 24.0 Å². The highest BCUT2D eigenvalue weighted by Crippen LogP contribution is 2.13. The quantitative estimate of drug-likeness (QED) is 0.246. The molecule has 1 aliphatic rings. The highest BCUT2D eigenvalue weighted by Gasteiger charge is 2.12. The number of benzene rings is 1. The molecule has 0 saturated carbocycles. The van der Waals surface area contributed by atoms with Crippen LogP contribution in [0.5, 0.6) is 0 Å². The Bertz CT molecular complexity index is 757. The number of halogens is 1. The number of ether oxygens (including phenoxy) is 1. The molecule has 2 N–H and O–H groups in total. The number of nitrogens with one attached hydrogen (secondary N) is 2. The fourth-order valence-electron chi connectivity index (χ4n) is 3.38. The van der Waals surface area contributed by atoms with Crippen LogP contribution in [0.1, 0.15) is 23.1 Å². The summed E-state index contributed by atoms with van der Waals surface area (Å²) in [5.74, 6) is 0.840. The number of nitrogens with zero attached hydrogens (tertiary/aromatic N) is 4. The summed E-state index contributed by atoms with van der Waals surface area (Å²) in [6.45, 7) is 6.28. The molecule has 1 fully saturated rings. The molecular formula is C21H33IN6O. The fourth-order valence-corrected chi connectivity index (χ4v) is 3.38. The van der Waals surface area contributed by atoms with Crippen LogP contribution in [0.4, 0.5) is 0 Å². The molecule has 0 radical (unpaired) electrons. The average molecular weight is 512 g/mol. The van der Waals surface area contributed by atoms with Gasteiger partial charge in [0, 0.05) is 53.0 Å². The monoisotopic (exact) mass is 512 g/mol. The number of guanidine groups is 1. The second-order valence-electron chi connectivity index (χ2n) is 7.14. The topological polar surface area (TPSA) is 66.7 Å². The van der Waals surface area contributed by atoms with E-state index in [1.807, 2.05) is 25.0 Å². The second-order valence-corrected chi connectivity index (χ2v) is 7.14. The first kappa shape index (κ1) is 23.6. The predicted octanol–water partition coefficient (Wildman–Crippen LogP) is 2.17. The zero-order valence-corrected chi connectivity index (χ0v) is 19.8. The van der Waals surface area contributed by atoms with E-state index in [0.29, 0.717) is 0 Å². The Balaban J connectivity index is 0.00000300. The summed E-state index contributed by atoms with van der Waals surface area (Å²) < 4.78 is 7.30. The van der Waals surface area contributed by atoms with Crippen molar-refractivity contribution in [2.24, 2.45) is 12.0 Å². The van der Waals surface area contributed by atoms with Crippen molar-refractivity contribution >= 4 is 29.9 Å². The first-order valence-electron chi connectivity index (χ1n) is 10.0. The molecular weight excluding hydrogens is 479 g/mol. The summed E-state index contributed by atoms with van der Waals surface area (Å²) in [4.78, 5) is 6.80. The molecule has 0 amide bonds. The number of aliphatic imine (C=N–C) groups is 1. The van der Waals surface area contributed by atoms with Crippen molar-refractivity contribution in [3.05, 3.63) is 53.3 Å². The van der Waals surface area contributed by atoms with Crippen molar-refractivity contribution in [1.82, 2.24) is 25.3 Å². The zero-order chi connectivity index (χ0) is 19.6. The van der Waals surface area contributed by atoms with Gasteiger partial charge in [-0.15, -0.1) is 24.0 Å². The van der Waals surface area contributed by atoms with Gasteiger partial charge in [0.1, 0.15) is 0 Å². The summed E-state index contributed by atoms with van der Waals surface area (Å²) in [6, 6.07) is 8.63. The highest BCUT2D eigenvalue weighted by molar-refractivity contribution is 14.0. The van der Waals surface area contributed by atoms with Crippen molar-refractivity contribution in [2.75, 3.05) is 39.9 Å². The number of aryl methyl sites for hydroxylation is 2. The third kappa shape index (κ3) is 7.94. The minimum absolute atomic E-state index is 0. The number of aromatic nitrogens is 2. The third-order valence-electron chi connectivity index (χ3n) is 4.98. The summed E-state index contributed by atoms with van der Waals surface area (Å²) in [7, 11) is 3.76. The van der Waals surface area contributed by atoms with E-state index in [4.69, 9.17) is 4.74 Å². The molecule has 1 aromatic carbocycles. The van der Waals surface area contributed by atoms with Gasteiger partial charge in [0.25, 0.3) is 0 Å². The van der Waals surface area contributed by atoms with Crippen LogP contribution in [0, 0.1) is 0 Å². The van der Waals surface area contributed by atoms with Crippen molar-refractivity contribution in [3.8, 4) is 0 Å². The number of morpholine rings is 1. The van der Waals surface area contributed by atoms with E-state index in [9.17, 15) is 0 Å². The van der Waals surface area contributed by atoms with Crippen LogP contribution in [-0.4, -0.2) is 60.5 Å². The molecule has 0 aliphatic carbocycles. The molecule has 29 heavy (non-hydrogen) atoms. The Morgan fingerprint density at radius 2 is 1.93 bits per heavy atom. The second kappa shape index (κ2) is 12.8. The highest BCUT2D eigenvalue weighted by atomic mass is 127. The van der Waals surface area contributed by atoms with Gasteiger partial charge in [-0.3, -0.25) is 14.6 Å². The van der Waals surface area contributed by atoms with Crippen LogP contribution in [0.15, 0.2) is 41.7 Å². The van der Waals surface area contributed by atoms with Crippen molar-refractivity contribution in [3.63, 3.8) is 0 Å². The molecule has 1 aromatic heterocycles. The minimum atomic E-state index is 0. The standard InChI is InChI=1S/C21H32N6O.HI/c1-22-21(23-9-5-6-18-14-25-26(2)16-18)24-15-19-7-3-4-8-20(19)17-27-10-12-28-13-11-27;/h3-4,7-8,14,16H,5-6,9-13,15,17H2,1-2H3,(H2,22,23,24);1H. The summed E-state index contributed by atoms with van der Waals surface area (Å²) in [5.41, 5.74) is 3.94. The van der Waals surface area contributed by atoms with Gasteiger partial charge in [-0.25, -0.2) is 0 Å². The van der Waals surface area contributed by atoms with Gasteiger partial charge in [-0.05, 0) is 29.5 Å². The fraction of sp³-hybridized carbons (Fsp3) is 0.524. The lowest BCUT2D eigenvalue weighted by atomic mass is 10.1. The first-order valence-corrected chi connectivity index (χ1v) is 10.0. The van der Waals surface area contributed by atoms with Crippen LogP contribution < -0.4 is 10.6 Å². The van der Waals surface area contributed by atoms with Gasteiger partial charge >= 0.3 is 0 Å². The number of hydrogen-bond donors (Lipinski definition) is 2. The van der Waals surface area contributed by atoms with E-state index in [-0.39, 0.29) is 24.0 Å². The molecule has 1 saturated heterocycles. The van der Waals surface area contributed by atoms with E-state index in [1.165, 1.54) is 16.7 Å². The maximum Gasteiger partial charge on any atom is 0.191 e. The largest absolute Gasteiger partial charge is 0.379 e. The van der Waals surface area contributed by atoms with E-state index in [1.54, 1.807) is 0 Å². The van der Waals surface area contributed by atoms with Crippen LogP contribution in [-0.2, 0) is 31.3 Å². The first-order chi connectivity index (χ1) is 13.7. The van der Waals surface area contributed by atoms with Crippen molar-refractivity contribution in [1.29, 1.82) is 0 Å². The molecule has 2 aromatic rings. The molecule has 0 spiro atoms.